The van der Waals surface area contributed by atoms with Gasteiger partial charge in [-0.3, -0.25) is 4.79 Å². The Morgan fingerprint density at radius 1 is 1.38 bits per heavy atom. The summed E-state index contributed by atoms with van der Waals surface area (Å²) in [7, 11) is 0. The summed E-state index contributed by atoms with van der Waals surface area (Å²) in [6, 6.07) is 0.829. The Balaban J connectivity index is 2.09. The molecule has 3 heteroatoms. The number of rotatable bonds is 4. The van der Waals surface area contributed by atoms with Crippen LogP contribution < -0.4 is 10.6 Å². The third-order valence-electron chi connectivity index (χ3n) is 2.39. The van der Waals surface area contributed by atoms with Crippen molar-refractivity contribution >= 4 is 5.91 Å². The van der Waals surface area contributed by atoms with Gasteiger partial charge < -0.3 is 10.6 Å². The zero-order chi connectivity index (χ0) is 9.68. The van der Waals surface area contributed by atoms with Crippen LogP contribution in [0.25, 0.3) is 0 Å². The number of hydrogen-bond acceptors (Lipinski definition) is 2. The SMILES string of the molecule is CC(C)NCC(=O)NC1CCCC1. The molecule has 0 saturated heterocycles. The number of amides is 1. The average Bonchev–Trinajstić information content (AvgIpc) is 2.53. The highest BCUT2D eigenvalue weighted by Crippen LogP contribution is 2.17. The lowest BCUT2D eigenvalue weighted by atomic mass is 10.2. The zero-order valence-electron chi connectivity index (χ0n) is 8.60. The first kappa shape index (κ1) is 10.5. The maximum absolute atomic E-state index is 11.3. The number of hydrogen-bond donors (Lipinski definition) is 2. The van der Waals surface area contributed by atoms with Crippen molar-refractivity contribution in [1.82, 2.24) is 10.6 Å². The van der Waals surface area contributed by atoms with Gasteiger partial charge >= 0.3 is 0 Å². The minimum atomic E-state index is 0.139. The molecule has 0 aromatic heterocycles. The fourth-order valence-electron chi connectivity index (χ4n) is 1.65. The molecule has 1 rings (SSSR count). The Hall–Kier alpha value is -0.570. The molecule has 1 fully saturated rings. The van der Waals surface area contributed by atoms with Crippen LogP contribution >= 0.6 is 0 Å². The monoisotopic (exact) mass is 184 g/mol. The van der Waals surface area contributed by atoms with Gasteiger partial charge in [0.1, 0.15) is 0 Å². The van der Waals surface area contributed by atoms with E-state index in [0.29, 0.717) is 18.6 Å². The fraction of sp³-hybridized carbons (Fsp3) is 0.900. The predicted molar refractivity (Wildman–Crippen MR) is 53.5 cm³/mol. The maximum atomic E-state index is 11.3. The molecule has 0 bridgehead atoms. The highest BCUT2D eigenvalue weighted by Gasteiger charge is 2.16. The lowest BCUT2D eigenvalue weighted by Gasteiger charge is -2.13. The first-order valence-corrected chi connectivity index (χ1v) is 5.21. The van der Waals surface area contributed by atoms with Crippen molar-refractivity contribution in [3.63, 3.8) is 0 Å². The summed E-state index contributed by atoms with van der Waals surface area (Å²) >= 11 is 0. The maximum Gasteiger partial charge on any atom is 0.234 e. The number of nitrogens with one attached hydrogen (secondary N) is 2. The Labute approximate surface area is 80.3 Å². The summed E-state index contributed by atoms with van der Waals surface area (Å²) in [5.74, 6) is 0.139. The van der Waals surface area contributed by atoms with Gasteiger partial charge in [-0.05, 0) is 12.8 Å². The Morgan fingerprint density at radius 3 is 2.54 bits per heavy atom. The van der Waals surface area contributed by atoms with Crippen molar-refractivity contribution in [2.45, 2.75) is 51.6 Å². The van der Waals surface area contributed by atoms with E-state index in [1.165, 1.54) is 12.8 Å². The predicted octanol–water partition coefficient (Wildman–Crippen LogP) is 1.04. The van der Waals surface area contributed by atoms with Crippen molar-refractivity contribution in [2.24, 2.45) is 0 Å². The lowest BCUT2D eigenvalue weighted by Crippen LogP contribution is -2.40. The Bertz CT molecular complexity index is 162. The van der Waals surface area contributed by atoms with E-state index < -0.39 is 0 Å². The van der Waals surface area contributed by atoms with Gasteiger partial charge in [0, 0.05) is 12.1 Å². The molecular formula is C10H20N2O. The largest absolute Gasteiger partial charge is 0.352 e. The van der Waals surface area contributed by atoms with Crippen molar-refractivity contribution in [3.8, 4) is 0 Å². The third kappa shape index (κ3) is 4.27. The molecular weight excluding hydrogens is 164 g/mol. The molecule has 2 N–H and O–H groups in total. The summed E-state index contributed by atoms with van der Waals surface area (Å²) in [6.07, 6.45) is 4.85. The molecule has 13 heavy (non-hydrogen) atoms. The molecule has 0 spiro atoms. The Morgan fingerprint density at radius 2 is 2.00 bits per heavy atom. The van der Waals surface area contributed by atoms with E-state index in [1.807, 2.05) is 13.8 Å². The number of carbonyl (C=O) groups excluding carboxylic acids is 1. The standard InChI is InChI=1S/C10H20N2O/c1-8(2)11-7-10(13)12-9-5-3-4-6-9/h8-9,11H,3-7H2,1-2H3,(H,12,13). The van der Waals surface area contributed by atoms with Gasteiger partial charge in [-0.1, -0.05) is 26.7 Å². The molecule has 0 heterocycles. The highest BCUT2D eigenvalue weighted by atomic mass is 16.1. The van der Waals surface area contributed by atoms with Crippen LogP contribution in [0, 0.1) is 0 Å². The molecule has 76 valence electrons. The van der Waals surface area contributed by atoms with Gasteiger partial charge in [-0.25, -0.2) is 0 Å². The first-order chi connectivity index (χ1) is 6.18. The summed E-state index contributed by atoms with van der Waals surface area (Å²) in [4.78, 5) is 11.3. The molecule has 1 aliphatic rings. The molecule has 1 saturated carbocycles. The summed E-state index contributed by atoms with van der Waals surface area (Å²) in [5.41, 5.74) is 0. The second kappa shape index (κ2) is 5.22. The van der Waals surface area contributed by atoms with Crippen LogP contribution in [-0.4, -0.2) is 24.5 Å². The van der Waals surface area contributed by atoms with Crippen LogP contribution in [0.5, 0.6) is 0 Å². The summed E-state index contributed by atoms with van der Waals surface area (Å²) < 4.78 is 0. The second-order valence-electron chi connectivity index (χ2n) is 4.08. The van der Waals surface area contributed by atoms with Gasteiger partial charge in [-0.15, -0.1) is 0 Å². The molecule has 0 aliphatic heterocycles. The van der Waals surface area contributed by atoms with E-state index in [4.69, 9.17) is 0 Å². The van der Waals surface area contributed by atoms with Gasteiger partial charge in [0.2, 0.25) is 5.91 Å². The second-order valence-corrected chi connectivity index (χ2v) is 4.08. The van der Waals surface area contributed by atoms with E-state index in [0.717, 1.165) is 12.8 Å². The molecule has 0 aromatic carbocycles. The number of carbonyl (C=O) groups is 1. The van der Waals surface area contributed by atoms with Crippen LogP contribution in [0.15, 0.2) is 0 Å². The van der Waals surface area contributed by atoms with E-state index in [9.17, 15) is 4.79 Å². The summed E-state index contributed by atoms with van der Waals surface area (Å²) in [5, 5.41) is 6.14. The van der Waals surface area contributed by atoms with Crippen molar-refractivity contribution in [3.05, 3.63) is 0 Å². The molecule has 0 atom stereocenters. The molecule has 0 aromatic rings. The van der Waals surface area contributed by atoms with Crippen LogP contribution in [0.4, 0.5) is 0 Å². The van der Waals surface area contributed by atoms with Gasteiger partial charge in [0.05, 0.1) is 6.54 Å². The minimum Gasteiger partial charge on any atom is -0.352 e. The van der Waals surface area contributed by atoms with E-state index in [-0.39, 0.29) is 5.91 Å². The minimum absolute atomic E-state index is 0.139. The molecule has 1 amide bonds. The average molecular weight is 184 g/mol. The van der Waals surface area contributed by atoms with Crippen LogP contribution in [0.2, 0.25) is 0 Å². The van der Waals surface area contributed by atoms with Crippen molar-refractivity contribution in [2.75, 3.05) is 6.54 Å². The molecule has 3 nitrogen and oxygen atoms in total. The first-order valence-electron chi connectivity index (χ1n) is 5.21. The summed E-state index contributed by atoms with van der Waals surface area (Å²) in [6.45, 7) is 4.54. The van der Waals surface area contributed by atoms with Crippen LogP contribution in [-0.2, 0) is 4.79 Å². The van der Waals surface area contributed by atoms with E-state index in [1.54, 1.807) is 0 Å². The topological polar surface area (TPSA) is 41.1 Å². The van der Waals surface area contributed by atoms with Crippen molar-refractivity contribution in [1.29, 1.82) is 0 Å². The normalized spacial score (nSPS) is 18.1. The smallest absolute Gasteiger partial charge is 0.234 e. The van der Waals surface area contributed by atoms with Gasteiger partial charge in [0.25, 0.3) is 0 Å². The molecule has 0 radical (unpaired) electrons. The van der Waals surface area contributed by atoms with Gasteiger partial charge in [-0.2, -0.15) is 0 Å². The van der Waals surface area contributed by atoms with Crippen LogP contribution in [0.1, 0.15) is 39.5 Å². The Kier molecular flexibility index (Phi) is 4.22. The van der Waals surface area contributed by atoms with Crippen LogP contribution in [0.3, 0.4) is 0 Å². The van der Waals surface area contributed by atoms with Gasteiger partial charge in [0.15, 0.2) is 0 Å². The lowest BCUT2D eigenvalue weighted by molar-refractivity contribution is -0.121. The quantitative estimate of drug-likeness (QED) is 0.685. The zero-order valence-corrected chi connectivity index (χ0v) is 8.60. The third-order valence-corrected chi connectivity index (χ3v) is 2.39. The fourth-order valence-corrected chi connectivity index (χ4v) is 1.65. The van der Waals surface area contributed by atoms with E-state index in [2.05, 4.69) is 10.6 Å². The highest BCUT2D eigenvalue weighted by molar-refractivity contribution is 5.78. The molecule has 0 unspecified atom stereocenters. The van der Waals surface area contributed by atoms with Crippen molar-refractivity contribution < 1.29 is 4.79 Å². The van der Waals surface area contributed by atoms with E-state index >= 15 is 0 Å². The molecule has 1 aliphatic carbocycles.